The van der Waals surface area contributed by atoms with Gasteiger partial charge in [0.2, 0.25) is 11.8 Å². The van der Waals surface area contributed by atoms with E-state index in [9.17, 15) is 9.59 Å². The summed E-state index contributed by atoms with van der Waals surface area (Å²) in [7, 11) is 3.70. The van der Waals surface area contributed by atoms with Crippen LogP contribution >= 0.6 is 0 Å². The highest BCUT2D eigenvalue weighted by atomic mass is 16.5. The Labute approximate surface area is 145 Å². The Hall–Kier alpha value is -1.14. The van der Waals surface area contributed by atoms with Gasteiger partial charge in [-0.05, 0) is 38.5 Å². The number of hydrogen-bond acceptors (Lipinski definition) is 4. The third-order valence-electron chi connectivity index (χ3n) is 4.94. The van der Waals surface area contributed by atoms with Crippen molar-refractivity contribution in [3.8, 4) is 0 Å². The van der Waals surface area contributed by atoms with Gasteiger partial charge in [-0.15, -0.1) is 0 Å². The van der Waals surface area contributed by atoms with E-state index < -0.39 is 0 Å². The monoisotopic (exact) mass is 340 g/mol. The second-order valence-corrected chi connectivity index (χ2v) is 7.02. The molecule has 6 heteroatoms. The van der Waals surface area contributed by atoms with E-state index in [1.807, 2.05) is 14.1 Å². The molecular formula is C18H32N2O4. The summed E-state index contributed by atoms with van der Waals surface area (Å²) in [6, 6.07) is 0. The van der Waals surface area contributed by atoms with Crippen LogP contribution in [0.25, 0.3) is 0 Å². The van der Waals surface area contributed by atoms with Gasteiger partial charge in [-0.3, -0.25) is 9.59 Å². The van der Waals surface area contributed by atoms with Gasteiger partial charge in [-0.1, -0.05) is 0 Å². The fraction of sp³-hybridized carbons (Fsp3) is 0.889. The Morgan fingerprint density at radius 2 is 1.25 bits per heavy atom. The fourth-order valence-electron chi connectivity index (χ4n) is 3.26. The van der Waals surface area contributed by atoms with Gasteiger partial charge in [-0.25, -0.2) is 0 Å². The van der Waals surface area contributed by atoms with Crippen LogP contribution in [0.15, 0.2) is 0 Å². The molecule has 2 aliphatic rings. The summed E-state index contributed by atoms with van der Waals surface area (Å²) in [6.45, 7) is 3.04. The second kappa shape index (κ2) is 9.99. The zero-order valence-corrected chi connectivity index (χ0v) is 15.2. The Bertz CT molecular complexity index is 366. The molecule has 2 amide bonds. The van der Waals surface area contributed by atoms with Crippen LogP contribution in [-0.4, -0.2) is 74.2 Å². The number of amides is 2. The third-order valence-corrected chi connectivity index (χ3v) is 4.94. The first-order chi connectivity index (χ1) is 11.6. The summed E-state index contributed by atoms with van der Waals surface area (Å²) in [5.41, 5.74) is 0. The molecule has 2 atom stereocenters. The SMILES string of the molecule is CN(CCCCN(C)C(=O)CC1CCCO1)C(=O)CC1CCCO1. The second-order valence-electron chi connectivity index (χ2n) is 7.02. The van der Waals surface area contributed by atoms with Crippen molar-refractivity contribution in [3.05, 3.63) is 0 Å². The Kier molecular flexibility index (Phi) is 7.99. The molecule has 2 heterocycles. The molecule has 138 valence electrons. The average Bonchev–Trinajstić information content (AvgIpc) is 3.24. The molecule has 0 aromatic heterocycles. The van der Waals surface area contributed by atoms with Gasteiger partial charge in [-0.2, -0.15) is 0 Å². The maximum absolute atomic E-state index is 12.1. The first kappa shape index (κ1) is 19.2. The topological polar surface area (TPSA) is 59.1 Å². The van der Waals surface area contributed by atoms with Gasteiger partial charge in [0.1, 0.15) is 0 Å². The first-order valence-electron chi connectivity index (χ1n) is 9.27. The van der Waals surface area contributed by atoms with Crippen LogP contribution in [0.5, 0.6) is 0 Å². The predicted molar refractivity (Wildman–Crippen MR) is 91.7 cm³/mol. The average molecular weight is 340 g/mol. The zero-order chi connectivity index (χ0) is 17.4. The summed E-state index contributed by atoms with van der Waals surface area (Å²) < 4.78 is 11.0. The molecule has 2 rings (SSSR count). The van der Waals surface area contributed by atoms with Crippen molar-refractivity contribution < 1.29 is 19.1 Å². The lowest BCUT2D eigenvalue weighted by Crippen LogP contribution is -2.32. The van der Waals surface area contributed by atoms with Crippen molar-refractivity contribution in [1.82, 2.24) is 9.80 Å². The summed E-state index contributed by atoms with van der Waals surface area (Å²) in [5, 5.41) is 0. The van der Waals surface area contributed by atoms with Crippen molar-refractivity contribution in [3.63, 3.8) is 0 Å². The Morgan fingerprint density at radius 3 is 1.58 bits per heavy atom. The van der Waals surface area contributed by atoms with Crippen LogP contribution in [0.2, 0.25) is 0 Å². The molecule has 24 heavy (non-hydrogen) atoms. The lowest BCUT2D eigenvalue weighted by atomic mass is 10.1. The third kappa shape index (κ3) is 6.40. The van der Waals surface area contributed by atoms with E-state index in [1.54, 1.807) is 9.80 Å². The number of hydrogen-bond donors (Lipinski definition) is 0. The molecule has 2 fully saturated rings. The standard InChI is InChI=1S/C18H32N2O4/c1-19(17(21)13-15-7-5-11-23-15)9-3-4-10-20(2)18(22)14-16-8-6-12-24-16/h15-16H,3-14H2,1-2H3. The highest BCUT2D eigenvalue weighted by Gasteiger charge is 2.22. The minimum absolute atomic E-state index is 0.113. The molecule has 2 aliphatic heterocycles. The highest BCUT2D eigenvalue weighted by Crippen LogP contribution is 2.17. The van der Waals surface area contributed by atoms with Crippen molar-refractivity contribution in [2.24, 2.45) is 0 Å². The molecule has 0 N–H and O–H groups in total. The summed E-state index contributed by atoms with van der Waals surface area (Å²) in [6.07, 6.45) is 7.15. The molecule has 0 saturated carbocycles. The minimum Gasteiger partial charge on any atom is -0.378 e. The zero-order valence-electron chi connectivity index (χ0n) is 15.2. The Balaban J connectivity index is 1.54. The molecule has 0 aliphatic carbocycles. The molecule has 0 spiro atoms. The van der Waals surface area contributed by atoms with E-state index in [1.165, 1.54) is 0 Å². The largest absolute Gasteiger partial charge is 0.378 e. The highest BCUT2D eigenvalue weighted by molar-refractivity contribution is 5.76. The van der Waals surface area contributed by atoms with Crippen LogP contribution in [0.3, 0.4) is 0 Å². The van der Waals surface area contributed by atoms with Crippen LogP contribution in [-0.2, 0) is 19.1 Å². The van der Waals surface area contributed by atoms with E-state index in [0.29, 0.717) is 12.8 Å². The number of carbonyl (C=O) groups is 2. The van der Waals surface area contributed by atoms with E-state index in [2.05, 4.69) is 0 Å². The van der Waals surface area contributed by atoms with E-state index in [-0.39, 0.29) is 24.0 Å². The molecule has 2 saturated heterocycles. The molecule has 0 radical (unpaired) electrons. The molecule has 0 bridgehead atoms. The maximum Gasteiger partial charge on any atom is 0.224 e. The van der Waals surface area contributed by atoms with Crippen LogP contribution in [0.1, 0.15) is 51.4 Å². The summed E-state index contributed by atoms with van der Waals surface area (Å²) in [4.78, 5) is 27.8. The molecule has 6 nitrogen and oxygen atoms in total. The van der Waals surface area contributed by atoms with Gasteiger partial charge in [0.05, 0.1) is 25.0 Å². The van der Waals surface area contributed by atoms with Crippen LogP contribution < -0.4 is 0 Å². The van der Waals surface area contributed by atoms with Crippen LogP contribution in [0.4, 0.5) is 0 Å². The number of unbranched alkanes of at least 4 members (excludes halogenated alkanes) is 1. The van der Waals surface area contributed by atoms with Gasteiger partial charge in [0.25, 0.3) is 0 Å². The van der Waals surface area contributed by atoms with Crippen LogP contribution in [0, 0.1) is 0 Å². The lowest BCUT2D eigenvalue weighted by Gasteiger charge is -2.21. The number of rotatable bonds is 9. The quantitative estimate of drug-likeness (QED) is 0.601. The summed E-state index contributed by atoms with van der Waals surface area (Å²) in [5.74, 6) is 0.314. The van der Waals surface area contributed by atoms with Gasteiger partial charge < -0.3 is 19.3 Å². The molecular weight excluding hydrogens is 308 g/mol. The van der Waals surface area contributed by atoms with Gasteiger partial charge >= 0.3 is 0 Å². The summed E-state index contributed by atoms with van der Waals surface area (Å²) >= 11 is 0. The fourth-order valence-corrected chi connectivity index (χ4v) is 3.26. The number of ether oxygens (including phenoxy) is 2. The minimum atomic E-state index is 0.113. The van der Waals surface area contributed by atoms with E-state index in [0.717, 1.165) is 64.8 Å². The van der Waals surface area contributed by atoms with Gasteiger partial charge in [0, 0.05) is 40.4 Å². The van der Waals surface area contributed by atoms with Crippen molar-refractivity contribution in [2.45, 2.75) is 63.6 Å². The molecule has 0 aromatic rings. The number of nitrogens with zero attached hydrogens (tertiary/aromatic N) is 2. The van der Waals surface area contributed by atoms with Crippen molar-refractivity contribution >= 4 is 11.8 Å². The lowest BCUT2D eigenvalue weighted by molar-refractivity contribution is -0.133. The van der Waals surface area contributed by atoms with Crippen molar-refractivity contribution in [1.29, 1.82) is 0 Å². The smallest absolute Gasteiger partial charge is 0.224 e. The first-order valence-corrected chi connectivity index (χ1v) is 9.27. The van der Waals surface area contributed by atoms with E-state index >= 15 is 0 Å². The number of carbonyl (C=O) groups excluding carboxylic acids is 2. The van der Waals surface area contributed by atoms with E-state index in [4.69, 9.17) is 9.47 Å². The normalized spacial score (nSPS) is 23.4. The Morgan fingerprint density at radius 1 is 0.833 bits per heavy atom. The van der Waals surface area contributed by atoms with Gasteiger partial charge in [0.15, 0.2) is 0 Å². The molecule has 2 unspecified atom stereocenters. The predicted octanol–water partition coefficient (Wildman–Crippen LogP) is 1.82. The van der Waals surface area contributed by atoms with Crippen molar-refractivity contribution in [2.75, 3.05) is 40.4 Å². The molecule has 0 aromatic carbocycles. The maximum atomic E-state index is 12.1.